The minimum Gasteiger partial charge on any atom is -0.304 e. The highest BCUT2D eigenvalue weighted by molar-refractivity contribution is 6.01. The summed E-state index contributed by atoms with van der Waals surface area (Å²) in [4.78, 5) is 25.5. The number of fused-ring (bicyclic) bond motifs is 3. The number of hydrogen-bond acceptors (Lipinski definition) is 4. The van der Waals surface area contributed by atoms with Crippen LogP contribution in [0.3, 0.4) is 0 Å². The Morgan fingerprint density at radius 3 is 2.77 bits per heavy atom. The Labute approximate surface area is 150 Å². The van der Waals surface area contributed by atoms with Crippen LogP contribution < -0.4 is 4.90 Å². The van der Waals surface area contributed by atoms with Crippen molar-refractivity contribution in [3.8, 4) is 0 Å². The summed E-state index contributed by atoms with van der Waals surface area (Å²) in [6.45, 7) is 1.38. The van der Waals surface area contributed by atoms with Gasteiger partial charge in [-0.3, -0.25) is 19.7 Å². The molecule has 2 bridgehead atoms. The third kappa shape index (κ3) is 2.29. The zero-order valence-electron chi connectivity index (χ0n) is 14.0. The summed E-state index contributed by atoms with van der Waals surface area (Å²) in [6, 6.07) is 12.2. The second-order valence-corrected chi connectivity index (χ2v) is 6.84. The summed E-state index contributed by atoms with van der Waals surface area (Å²) < 4.78 is 14.1. The van der Waals surface area contributed by atoms with E-state index in [0.717, 1.165) is 29.6 Å². The van der Waals surface area contributed by atoms with Crippen LogP contribution in [0.15, 0.2) is 54.9 Å². The molecule has 26 heavy (non-hydrogen) atoms. The van der Waals surface area contributed by atoms with Gasteiger partial charge in [-0.25, -0.2) is 4.39 Å². The molecule has 3 heterocycles. The Bertz CT molecular complexity index is 1000. The van der Waals surface area contributed by atoms with Crippen LogP contribution >= 0.6 is 0 Å². The molecule has 2 atom stereocenters. The Balaban J connectivity index is 1.42. The third-order valence-corrected chi connectivity index (χ3v) is 5.34. The van der Waals surface area contributed by atoms with Crippen molar-refractivity contribution in [2.75, 3.05) is 11.4 Å². The lowest BCUT2D eigenvalue weighted by atomic mass is 10.1. The van der Waals surface area contributed by atoms with Crippen LogP contribution in [0.25, 0.3) is 11.0 Å². The Morgan fingerprint density at radius 2 is 1.92 bits per heavy atom. The summed E-state index contributed by atoms with van der Waals surface area (Å²) in [5, 5.41) is 0. The number of para-hydroxylation sites is 2. The van der Waals surface area contributed by atoms with Gasteiger partial charge in [-0.15, -0.1) is 0 Å². The first kappa shape index (κ1) is 15.4. The molecule has 1 aromatic heterocycles. The van der Waals surface area contributed by atoms with Gasteiger partial charge in [0.15, 0.2) is 0 Å². The van der Waals surface area contributed by atoms with Gasteiger partial charge in [0.05, 0.1) is 28.8 Å². The molecule has 2 fully saturated rings. The van der Waals surface area contributed by atoms with Crippen LogP contribution in [0.4, 0.5) is 10.1 Å². The monoisotopic (exact) mass is 348 g/mol. The first-order valence-corrected chi connectivity index (χ1v) is 8.72. The van der Waals surface area contributed by atoms with Gasteiger partial charge in [0, 0.05) is 25.5 Å². The second-order valence-electron chi connectivity index (χ2n) is 6.84. The maximum atomic E-state index is 14.1. The van der Waals surface area contributed by atoms with Crippen LogP contribution in [-0.2, 0) is 11.3 Å². The number of carbonyl (C=O) groups excluding carboxylic acids is 1. The average Bonchev–Trinajstić information content (AvgIpc) is 3.20. The molecule has 5 rings (SSSR count). The fraction of sp³-hybridized carbons (Fsp3) is 0.250. The van der Waals surface area contributed by atoms with Crippen molar-refractivity contribution >= 4 is 22.6 Å². The summed E-state index contributed by atoms with van der Waals surface area (Å²) in [6.07, 6.45) is 4.11. The fourth-order valence-electron chi connectivity index (χ4n) is 4.20. The number of nitrogens with zero attached hydrogens (tertiary/aromatic N) is 4. The maximum absolute atomic E-state index is 14.1. The first-order chi connectivity index (χ1) is 12.7. The maximum Gasteiger partial charge on any atom is 0.244 e. The molecule has 2 aliphatic rings. The normalized spacial score (nSPS) is 22.5. The zero-order valence-corrected chi connectivity index (χ0v) is 14.0. The van der Waals surface area contributed by atoms with Crippen molar-refractivity contribution in [3.05, 3.63) is 66.2 Å². The van der Waals surface area contributed by atoms with E-state index in [-0.39, 0.29) is 23.8 Å². The second kappa shape index (κ2) is 5.85. The number of piperazine rings is 1. The molecule has 6 heteroatoms. The molecule has 0 radical (unpaired) electrons. The number of hydrogen-bond donors (Lipinski definition) is 0. The molecular weight excluding hydrogens is 331 g/mol. The van der Waals surface area contributed by atoms with Crippen LogP contribution in [0, 0.1) is 5.82 Å². The van der Waals surface area contributed by atoms with E-state index in [1.807, 2.05) is 18.2 Å². The first-order valence-electron chi connectivity index (χ1n) is 8.72. The lowest BCUT2D eigenvalue weighted by Crippen LogP contribution is -2.50. The summed E-state index contributed by atoms with van der Waals surface area (Å²) in [5.74, 6) is -0.359. The van der Waals surface area contributed by atoms with Gasteiger partial charge in [0.2, 0.25) is 5.91 Å². The van der Waals surface area contributed by atoms with E-state index in [9.17, 15) is 9.18 Å². The van der Waals surface area contributed by atoms with Crippen molar-refractivity contribution in [3.63, 3.8) is 0 Å². The molecule has 0 unspecified atom stereocenters. The Morgan fingerprint density at radius 1 is 1.08 bits per heavy atom. The van der Waals surface area contributed by atoms with Crippen LogP contribution in [-0.4, -0.2) is 39.4 Å². The molecule has 0 spiro atoms. The number of benzene rings is 2. The number of halogens is 1. The van der Waals surface area contributed by atoms with Gasteiger partial charge >= 0.3 is 0 Å². The topological polar surface area (TPSA) is 49.3 Å². The van der Waals surface area contributed by atoms with E-state index < -0.39 is 0 Å². The Kier molecular flexibility index (Phi) is 3.46. The van der Waals surface area contributed by atoms with Crippen molar-refractivity contribution in [2.24, 2.45) is 0 Å². The molecule has 0 saturated carbocycles. The molecule has 1 amide bonds. The van der Waals surface area contributed by atoms with Gasteiger partial charge in [-0.05, 0) is 30.2 Å². The van der Waals surface area contributed by atoms with E-state index in [4.69, 9.17) is 0 Å². The van der Waals surface area contributed by atoms with Gasteiger partial charge < -0.3 is 4.90 Å². The number of likely N-dealkylation sites (tertiary alicyclic amines) is 1. The van der Waals surface area contributed by atoms with Crippen molar-refractivity contribution in [1.82, 2.24) is 14.9 Å². The number of rotatable bonds is 3. The minimum atomic E-state index is -0.343. The van der Waals surface area contributed by atoms with Crippen molar-refractivity contribution in [1.29, 1.82) is 0 Å². The molecule has 5 nitrogen and oxygen atoms in total. The predicted octanol–water partition coefficient (Wildman–Crippen LogP) is 2.76. The molecule has 2 aromatic carbocycles. The summed E-state index contributed by atoms with van der Waals surface area (Å²) in [7, 11) is 0. The zero-order chi connectivity index (χ0) is 17.7. The molecule has 0 aliphatic carbocycles. The highest BCUT2D eigenvalue weighted by Gasteiger charge is 2.50. The molecule has 130 valence electrons. The summed E-state index contributed by atoms with van der Waals surface area (Å²) >= 11 is 0. The highest BCUT2D eigenvalue weighted by Crippen LogP contribution is 2.37. The minimum absolute atomic E-state index is 0.0160. The quantitative estimate of drug-likeness (QED) is 0.730. The van der Waals surface area contributed by atoms with Gasteiger partial charge in [-0.1, -0.05) is 24.3 Å². The van der Waals surface area contributed by atoms with E-state index >= 15 is 0 Å². The number of anilines is 1. The third-order valence-electron chi connectivity index (χ3n) is 5.34. The standard InChI is InChI=1S/C20H17FN4O/c21-15-5-1-2-7-17(15)25-14-10-18(20(25)26)24(12-14)11-13-4-3-6-16-19(13)23-9-8-22-16/h1-9,14,18H,10-12H2/t14-,18-/m0/s1. The van der Waals surface area contributed by atoms with Crippen LogP contribution in [0.2, 0.25) is 0 Å². The van der Waals surface area contributed by atoms with E-state index in [2.05, 4.69) is 14.9 Å². The molecule has 0 N–H and O–H groups in total. The highest BCUT2D eigenvalue weighted by atomic mass is 19.1. The van der Waals surface area contributed by atoms with Gasteiger partial charge in [-0.2, -0.15) is 0 Å². The smallest absolute Gasteiger partial charge is 0.244 e. The molecule has 3 aromatic rings. The van der Waals surface area contributed by atoms with E-state index in [1.54, 1.807) is 35.5 Å². The van der Waals surface area contributed by atoms with Crippen molar-refractivity contribution in [2.45, 2.75) is 25.0 Å². The van der Waals surface area contributed by atoms with Crippen LogP contribution in [0.1, 0.15) is 12.0 Å². The van der Waals surface area contributed by atoms with E-state index in [0.29, 0.717) is 12.2 Å². The predicted molar refractivity (Wildman–Crippen MR) is 96.0 cm³/mol. The number of amides is 1. The Hall–Kier alpha value is -2.86. The molecule has 2 saturated heterocycles. The molecular formula is C20H17FN4O. The van der Waals surface area contributed by atoms with Gasteiger partial charge in [0.1, 0.15) is 5.82 Å². The average molecular weight is 348 g/mol. The summed E-state index contributed by atoms with van der Waals surface area (Å²) in [5.41, 5.74) is 3.18. The molecule has 2 aliphatic heterocycles. The number of aromatic nitrogens is 2. The SMILES string of the molecule is O=C1[C@@H]2C[C@@H](CN2Cc2cccc3nccnc23)N1c1ccccc1F. The van der Waals surface area contributed by atoms with E-state index in [1.165, 1.54) is 6.07 Å². The van der Waals surface area contributed by atoms with Gasteiger partial charge in [0.25, 0.3) is 0 Å². The number of carbonyl (C=O) groups is 1. The van der Waals surface area contributed by atoms with Crippen LogP contribution in [0.5, 0.6) is 0 Å². The fourth-order valence-corrected chi connectivity index (χ4v) is 4.20. The lowest BCUT2D eigenvalue weighted by Gasteiger charge is -2.34. The largest absolute Gasteiger partial charge is 0.304 e. The lowest BCUT2D eigenvalue weighted by molar-refractivity contribution is -0.122. The van der Waals surface area contributed by atoms with Crippen molar-refractivity contribution < 1.29 is 9.18 Å².